The molecule has 7 nitrogen and oxygen atoms in total. The van der Waals surface area contributed by atoms with Gasteiger partial charge in [-0.05, 0) is 19.3 Å². The summed E-state index contributed by atoms with van der Waals surface area (Å²) in [6, 6.07) is 0.372. The van der Waals surface area contributed by atoms with Crippen molar-refractivity contribution >= 4 is 11.2 Å². The molecule has 4 rings (SSSR count). The van der Waals surface area contributed by atoms with Crippen molar-refractivity contribution in [1.29, 1.82) is 0 Å². The van der Waals surface area contributed by atoms with Crippen molar-refractivity contribution in [3.8, 4) is 6.01 Å². The first-order chi connectivity index (χ1) is 12.3. The van der Waals surface area contributed by atoms with Gasteiger partial charge in [0.15, 0.2) is 11.2 Å². The minimum absolute atomic E-state index is 0.0378. The normalized spacial score (nSPS) is 21.9. The molecule has 7 heteroatoms. The summed E-state index contributed by atoms with van der Waals surface area (Å²) >= 11 is 0. The average Bonchev–Trinajstić information content (AvgIpc) is 3.29. The van der Waals surface area contributed by atoms with E-state index in [-0.39, 0.29) is 11.7 Å². The van der Waals surface area contributed by atoms with E-state index in [1.54, 1.807) is 4.57 Å². The molecule has 1 atom stereocenters. The number of fused-ring (bicyclic) bond motifs is 1. The third-order valence-electron chi connectivity index (χ3n) is 5.19. The minimum Gasteiger partial charge on any atom is -0.459 e. The fraction of sp³-hybridized carbons (Fsp3) is 0.722. The Kier molecular flexibility index (Phi) is 4.74. The van der Waals surface area contributed by atoms with E-state index in [0.29, 0.717) is 42.9 Å². The highest BCUT2D eigenvalue weighted by Gasteiger charge is 2.24. The van der Waals surface area contributed by atoms with Crippen molar-refractivity contribution in [2.75, 3.05) is 13.2 Å². The van der Waals surface area contributed by atoms with E-state index in [2.05, 4.69) is 15.0 Å². The molecule has 1 saturated heterocycles. The summed E-state index contributed by atoms with van der Waals surface area (Å²) in [4.78, 5) is 25.4. The molecule has 2 aromatic rings. The Labute approximate surface area is 146 Å². The number of imidazole rings is 1. The Hall–Kier alpha value is -1.89. The Bertz CT molecular complexity index is 785. The zero-order valence-electron chi connectivity index (χ0n) is 14.8. The first kappa shape index (κ1) is 16.6. The van der Waals surface area contributed by atoms with Crippen LogP contribution in [0.15, 0.2) is 4.79 Å². The molecule has 2 aliphatic rings. The Morgan fingerprint density at radius 1 is 1.24 bits per heavy atom. The predicted molar refractivity (Wildman–Crippen MR) is 94.1 cm³/mol. The summed E-state index contributed by atoms with van der Waals surface area (Å²) in [5, 5.41) is 0. The third kappa shape index (κ3) is 3.29. The summed E-state index contributed by atoms with van der Waals surface area (Å²) in [5.41, 5.74) is 0.895. The van der Waals surface area contributed by atoms with Gasteiger partial charge in [-0.2, -0.15) is 4.98 Å². The molecule has 0 spiro atoms. The molecule has 25 heavy (non-hydrogen) atoms. The minimum atomic E-state index is -0.0877. The van der Waals surface area contributed by atoms with Gasteiger partial charge in [0.25, 0.3) is 5.56 Å². The second-order valence-electron chi connectivity index (χ2n) is 7.11. The summed E-state index contributed by atoms with van der Waals surface area (Å²) in [5.74, 6) is 1.32. The number of aromatic nitrogens is 4. The van der Waals surface area contributed by atoms with Crippen LogP contribution in [0.1, 0.15) is 63.6 Å². The Morgan fingerprint density at radius 3 is 2.80 bits per heavy atom. The number of nitrogens with one attached hydrogen (secondary N) is 1. The molecule has 2 fully saturated rings. The van der Waals surface area contributed by atoms with Gasteiger partial charge in [-0.25, -0.2) is 4.98 Å². The Morgan fingerprint density at radius 2 is 2.08 bits per heavy atom. The summed E-state index contributed by atoms with van der Waals surface area (Å²) < 4.78 is 13.0. The van der Waals surface area contributed by atoms with Crippen LogP contribution in [0.25, 0.3) is 11.2 Å². The molecule has 0 amide bonds. The zero-order chi connectivity index (χ0) is 17.2. The topological polar surface area (TPSA) is 82.0 Å². The van der Waals surface area contributed by atoms with Gasteiger partial charge in [0, 0.05) is 18.9 Å². The Balaban J connectivity index is 1.72. The van der Waals surface area contributed by atoms with Gasteiger partial charge < -0.3 is 14.5 Å². The van der Waals surface area contributed by atoms with Crippen LogP contribution in [0, 0.1) is 0 Å². The number of rotatable bonds is 5. The number of hydrogen-bond acceptors (Lipinski definition) is 5. The number of hydrogen-bond donors (Lipinski definition) is 1. The maximum absolute atomic E-state index is 12.9. The lowest BCUT2D eigenvalue weighted by atomic mass is 9.89. The smallest absolute Gasteiger partial charge is 0.301 e. The third-order valence-corrected chi connectivity index (χ3v) is 5.19. The SMILES string of the molecule is CCCn1c(O[C@@H]2CCOC2)nc2nc(C3CCCCC3)[nH]c2c1=O. The molecule has 0 unspecified atom stereocenters. The molecule has 1 N–H and O–H groups in total. The lowest BCUT2D eigenvalue weighted by Gasteiger charge is -2.18. The first-order valence-corrected chi connectivity index (χ1v) is 9.51. The van der Waals surface area contributed by atoms with Crippen LogP contribution in [0.4, 0.5) is 0 Å². The van der Waals surface area contributed by atoms with Gasteiger partial charge in [-0.3, -0.25) is 9.36 Å². The molecule has 2 aromatic heterocycles. The van der Waals surface area contributed by atoms with Crippen LogP contribution < -0.4 is 10.3 Å². The number of H-pyrrole nitrogens is 1. The molecule has 0 aromatic carbocycles. The van der Waals surface area contributed by atoms with E-state index in [9.17, 15) is 4.79 Å². The number of nitrogens with zero attached hydrogens (tertiary/aromatic N) is 3. The van der Waals surface area contributed by atoms with Crippen LogP contribution in [-0.2, 0) is 11.3 Å². The van der Waals surface area contributed by atoms with Crippen LogP contribution in [0.3, 0.4) is 0 Å². The molecular formula is C18H26N4O3. The van der Waals surface area contributed by atoms with Crippen LogP contribution >= 0.6 is 0 Å². The molecule has 1 saturated carbocycles. The highest BCUT2D eigenvalue weighted by molar-refractivity contribution is 5.70. The average molecular weight is 346 g/mol. The standard InChI is InChI=1S/C18H26N4O3/c1-2-9-22-17(23)14-16(21-18(22)25-13-8-10-24-11-13)20-15(19-14)12-6-4-3-5-7-12/h12-13H,2-11H2,1H3,(H,19,20)/t13-/m1/s1. The van der Waals surface area contributed by atoms with Crippen molar-refractivity contribution in [2.24, 2.45) is 0 Å². The quantitative estimate of drug-likeness (QED) is 0.900. The van der Waals surface area contributed by atoms with Gasteiger partial charge >= 0.3 is 6.01 Å². The van der Waals surface area contributed by atoms with Crippen LogP contribution in [0.2, 0.25) is 0 Å². The maximum Gasteiger partial charge on any atom is 0.301 e. The molecule has 1 aliphatic heterocycles. The second-order valence-corrected chi connectivity index (χ2v) is 7.11. The number of aromatic amines is 1. The molecule has 0 radical (unpaired) electrons. The van der Waals surface area contributed by atoms with E-state index in [1.807, 2.05) is 6.92 Å². The number of ether oxygens (including phenoxy) is 2. The summed E-state index contributed by atoms with van der Waals surface area (Å²) in [6.45, 7) is 3.87. The van der Waals surface area contributed by atoms with E-state index >= 15 is 0 Å². The lowest BCUT2D eigenvalue weighted by Crippen LogP contribution is -2.27. The van der Waals surface area contributed by atoms with Gasteiger partial charge in [0.1, 0.15) is 11.9 Å². The van der Waals surface area contributed by atoms with Gasteiger partial charge in [-0.1, -0.05) is 26.2 Å². The maximum atomic E-state index is 12.9. The van der Waals surface area contributed by atoms with Crippen molar-refractivity contribution in [2.45, 2.75) is 70.4 Å². The van der Waals surface area contributed by atoms with Crippen molar-refractivity contribution < 1.29 is 9.47 Å². The summed E-state index contributed by atoms with van der Waals surface area (Å²) in [7, 11) is 0. The van der Waals surface area contributed by atoms with E-state index in [1.165, 1.54) is 19.3 Å². The molecule has 3 heterocycles. The fourth-order valence-electron chi connectivity index (χ4n) is 3.82. The fourth-order valence-corrected chi connectivity index (χ4v) is 3.82. The van der Waals surface area contributed by atoms with E-state index in [4.69, 9.17) is 9.47 Å². The monoisotopic (exact) mass is 346 g/mol. The van der Waals surface area contributed by atoms with Crippen molar-refractivity contribution in [1.82, 2.24) is 19.5 Å². The second kappa shape index (κ2) is 7.15. The van der Waals surface area contributed by atoms with Crippen molar-refractivity contribution in [3.63, 3.8) is 0 Å². The summed E-state index contributed by atoms with van der Waals surface area (Å²) in [6.07, 6.45) is 7.64. The molecule has 0 bridgehead atoms. The zero-order valence-corrected chi connectivity index (χ0v) is 14.8. The largest absolute Gasteiger partial charge is 0.459 e. The predicted octanol–water partition coefficient (Wildman–Crippen LogP) is 2.75. The highest BCUT2D eigenvalue weighted by Crippen LogP contribution is 2.31. The first-order valence-electron chi connectivity index (χ1n) is 9.51. The van der Waals surface area contributed by atoms with Gasteiger partial charge in [0.05, 0.1) is 13.2 Å². The van der Waals surface area contributed by atoms with Gasteiger partial charge in [-0.15, -0.1) is 0 Å². The molecular weight excluding hydrogens is 320 g/mol. The molecule has 136 valence electrons. The van der Waals surface area contributed by atoms with Gasteiger partial charge in [0.2, 0.25) is 0 Å². The van der Waals surface area contributed by atoms with Crippen LogP contribution in [-0.4, -0.2) is 38.8 Å². The molecule has 1 aliphatic carbocycles. The highest BCUT2D eigenvalue weighted by atomic mass is 16.6. The van der Waals surface area contributed by atoms with E-state index < -0.39 is 0 Å². The van der Waals surface area contributed by atoms with Crippen molar-refractivity contribution in [3.05, 3.63) is 16.2 Å². The van der Waals surface area contributed by atoms with Crippen LogP contribution in [0.5, 0.6) is 6.01 Å². The van der Waals surface area contributed by atoms with E-state index in [0.717, 1.165) is 31.5 Å². The lowest BCUT2D eigenvalue weighted by molar-refractivity contribution is 0.129.